The maximum atomic E-state index is 12.9. The quantitative estimate of drug-likeness (QED) is 0.403. The van der Waals surface area contributed by atoms with Crippen LogP contribution in [0, 0.1) is 0 Å². The van der Waals surface area contributed by atoms with Crippen LogP contribution >= 0.6 is 23.2 Å². The van der Waals surface area contributed by atoms with E-state index in [-0.39, 0.29) is 12.2 Å². The molecule has 3 rings (SSSR count). The van der Waals surface area contributed by atoms with Crippen LogP contribution in [0.3, 0.4) is 0 Å². The van der Waals surface area contributed by atoms with Crippen molar-refractivity contribution in [1.29, 1.82) is 0 Å². The van der Waals surface area contributed by atoms with Gasteiger partial charge in [-0.1, -0.05) is 66.2 Å². The second kappa shape index (κ2) is 11.0. The molecule has 0 bridgehead atoms. The third kappa shape index (κ3) is 6.33. The Morgan fingerprint density at radius 3 is 2.65 bits per heavy atom. The number of hydrogen-bond donors (Lipinski definition) is 2. The molecule has 0 saturated carbocycles. The summed E-state index contributed by atoms with van der Waals surface area (Å²) in [4.78, 5) is 17.2. The van der Waals surface area contributed by atoms with Crippen LogP contribution in [0.4, 0.5) is 0 Å². The van der Waals surface area contributed by atoms with E-state index in [1.54, 1.807) is 12.1 Å². The van der Waals surface area contributed by atoms with Crippen molar-refractivity contribution >= 4 is 40.5 Å². The minimum absolute atomic E-state index is 0.0466. The van der Waals surface area contributed by atoms with E-state index in [2.05, 4.69) is 22.2 Å². The number of hydrogen-bond acceptors (Lipinski definition) is 4. The van der Waals surface area contributed by atoms with Gasteiger partial charge in [0.15, 0.2) is 11.7 Å². The van der Waals surface area contributed by atoms with Gasteiger partial charge in [-0.15, -0.1) is 0 Å². The lowest BCUT2D eigenvalue weighted by atomic mass is 9.98. The number of carbonyl (C=O) groups is 1. The van der Waals surface area contributed by atoms with E-state index in [9.17, 15) is 4.79 Å². The maximum Gasteiger partial charge on any atom is 0.191 e. The Balaban J connectivity index is 1.69. The molecule has 0 unspecified atom stereocenters. The van der Waals surface area contributed by atoms with Crippen LogP contribution in [0.25, 0.3) is 5.57 Å². The first-order chi connectivity index (χ1) is 15.0. The molecule has 160 valence electrons. The summed E-state index contributed by atoms with van der Waals surface area (Å²) in [5.41, 5.74) is 3.94. The standard InChI is InChI=1S/C25H25Cl2N3O/c1-3-4-5-6-17(2)21-13-18(8-10-22(21)26)15-24(31)20-9-7-19(14-23(20)27)16-30-25-28-11-12-29-25/h3-10,13-14H,2,11-12,15-16H2,1H3,(H2,28,29,30)/b4-3-,6-5-. The van der Waals surface area contributed by atoms with Crippen molar-refractivity contribution in [3.8, 4) is 0 Å². The van der Waals surface area contributed by atoms with Gasteiger partial charge in [-0.05, 0) is 53.5 Å². The zero-order valence-electron chi connectivity index (χ0n) is 17.4. The first-order valence-corrected chi connectivity index (χ1v) is 10.8. The van der Waals surface area contributed by atoms with Gasteiger partial charge in [0.1, 0.15) is 0 Å². The summed E-state index contributed by atoms with van der Waals surface area (Å²) >= 11 is 12.8. The number of ketones is 1. The fraction of sp³-hybridized carbons (Fsp3) is 0.200. The van der Waals surface area contributed by atoms with Crippen LogP contribution < -0.4 is 10.6 Å². The van der Waals surface area contributed by atoms with Crippen LogP contribution in [0.15, 0.2) is 72.3 Å². The van der Waals surface area contributed by atoms with Gasteiger partial charge in [0.05, 0.1) is 11.6 Å². The number of halogens is 2. The predicted molar refractivity (Wildman–Crippen MR) is 131 cm³/mol. The number of rotatable bonds is 8. The highest BCUT2D eigenvalue weighted by Crippen LogP contribution is 2.26. The zero-order valence-corrected chi connectivity index (χ0v) is 18.9. The van der Waals surface area contributed by atoms with E-state index < -0.39 is 0 Å². The van der Waals surface area contributed by atoms with Crippen molar-refractivity contribution in [2.24, 2.45) is 4.99 Å². The Kier molecular flexibility index (Phi) is 8.10. The lowest BCUT2D eigenvalue weighted by Crippen LogP contribution is -2.33. The van der Waals surface area contributed by atoms with E-state index in [4.69, 9.17) is 23.2 Å². The highest BCUT2D eigenvalue weighted by Gasteiger charge is 2.14. The molecule has 0 atom stereocenters. The molecule has 0 aromatic heterocycles. The van der Waals surface area contributed by atoms with E-state index >= 15 is 0 Å². The van der Waals surface area contributed by atoms with Crippen LogP contribution in [0.2, 0.25) is 10.0 Å². The van der Waals surface area contributed by atoms with E-state index in [0.717, 1.165) is 41.3 Å². The van der Waals surface area contributed by atoms with Crippen LogP contribution in [-0.2, 0) is 13.0 Å². The van der Waals surface area contributed by atoms with Crippen molar-refractivity contribution in [2.75, 3.05) is 13.1 Å². The maximum absolute atomic E-state index is 12.9. The Hall–Kier alpha value is -2.82. The largest absolute Gasteiger partial charge is 0.355 e. The molecular formula is C25H25Cl2N3O. The molecule has 4 nitrogen and oxygen atoms in total. The molecule has 1 aliphatic heterocycles. The molecule has 1 aliphatic rings. The summed E-state index contributed by atoms with van der Waals surface area (Å²) in [7, 11) is 0. The fourth-order valence-corrected chi connectivity index (χ4v) is 3.73. The summed E-state index contributed by atoms with van der Waals surface area (Å²) in [6, 6.07) is 11.1. The summed E-state index contributed by atoms with van der Waals surface area (Å²) in [6.07, 6.45) is 7.88. The molecule has 0 aliphatic carbocycles. The molecular weight excluding hydrogens is 429 g/mol. The van der Waals surface area contributed by atoms with Gasteiger partial charge in [0.2, 0.25) is 0 Å². The lowest BCUT2D eigenvalue weighted by Gasteiger charge is -2.10. The SMILES string of the molecule is C=C(/C=C\C=C/C)c1cc(CC(=O)c2ccc(CNC3=NCCN3)cc2Cl)ccc1Cl. The Morgan fingerprint density at radius 2 is 1.94 bits per heavy atom. The van der Waals surface area contributed by atoms with E-state index in [1.807, 2.05) is 55.5 Å². The molecule has 1 heterocycles. The normalized spacial score (nSPS) is 13.5. The van der Waals surface area contributed by atoms with Crippen molar-refractivity contribution in [1.82, 2.24) is 10.6 Å². The van der Waals surface area contributed by atoms with Crippen LogP contribution in [-0.4, -0.2) is 24.8 Å². The van der Waals surface area contributed by atoms with E-state index in [1.165, 1.54) is 0 Å². The Morgan fingerprint density at radius 1 is 1.13 bits per heavy atom. The predicted octanol–water partition coefficient (Wildman–Crippen LogP) is 5.61. The molecule has 0 spiro atoms. The average molecular weight is 454 g/mol. The van der Waals surface area contributed by atoms with Gasteiger partial charge in [-0.3, -0.25) is 9.79 Å². The van der Waals surface area contributed by atoms with Crippen molar-refractivity contribution in [3.63, 3.8) is 0 Å². The van der Waals surface area contributed by atoms with Gasteiger partial charge < -0.3 is 10.6 Å². The van der Waals surface area contributed by atoms with Crippen LogP contribution in [0.1, 0.15) is 34.0 Å². The smallest absolute Gasteiger partial charge is 0.191 e. The third-order valence-corrected chi connectivity index (χ3v) is 5.45. The van der Waals surface area contributed by atoms with Gasteiger partial charge >= 0.3 is 0 Å². The van der Waals surface area contributed by atoms with Gasteiger partial charge in [0.25, 0.3) is 0 Å². The first kappa shape index (κ1) is 22.9. The molecule has 2 N–H and O–H groups in total. The molecule has 2 aromatic rings. The number of nitrogens with zero attached hydrogens (tertiary/aromatic N) is 1. The minimum Gasteiger partial charge on any atom is -0.355 e. The van der Waals surface area contributed by atoms with Crippen molar-refractivity contribution in [2.45, 2.75) is 19.9 Å². The second-order valence-electron chi connectivity index (χ2n) is 7.15. The number of benzene rings is 2. The molecule has 31 heavy (non-hydrogen) atoms. The van der Waals surface area contributed by atoms with E-state index in [0.29, 0.717) is 22.2 Å². The van der Waals surface area contributed by atoms with Gasteiger partial charge in [0, 0.05) is 30.1 Å². The summed E-state index contributed by atoms with van der Waals surface area (Å²) in [5.74, 6) is 0.742. The number of carbonyl (C=O) groups excluding carboxylic acids is 1. The monoisotopic (exact) mass is 453 g/mol. The Bertz CT molecular complexity index is 1070. The molecule has 6 heteroatoms. The number of aliphatic imine (C=N–C) groups is 1. The molecule has 0 fully saturated rings. The topological polar surface area (TPSA) is 53.5 Å². The Labute approximate surface area is 193 Å². The van der Waals surface area contributed by atoms with Gasteiger partial charge in [-0.25, -0.2) is 0 Å². The van der Waals surface area contributed by atoms with Crippen molar-refractivity contribution < 1.29 is 4.79 Å². The molecule has 2 aromatic carbocycles. The van der Waals surface area contributed by atoms with Gasteiger partial charge in [-0.2, -0.15) is 0 Å². The number of nitrogens with one attached hydrogen (secondary N) is 2. The highest BCUT2D eigenvalue weighted by atomic mass is 35.5. The highest BCUT2D eigenvalue weighted by molar-refractivity contribution is 6.34. The summed E-state index contributed by atoms with van der Waals surface area (Å²) in [5, 5.41) is 7.42. The first-order valence-electron chi connectivity index (χ1n) is 10.1. The third-order valence-electron chi connectivity index (χ3n) is 4.81. The fourth-order valence-electron chi connectivity index (χ4n) is 3.18. The lowest BCUT2D eigenvalue weighted by molar-refractivity contribution is 0.0993. The number of Topliss-reactive ketones (excluding diaryl/α,β-unsaturated/α-hetero) is 1. The van der Waals surface area contributed by atoms with Crippen molar-refractivity contribution in [3.05, 3.63) is 99.6 Å². The minimum atomic E-state index is -0.0466. The second-order valence-corrected chi connectivity index (χ2v) is 7.96. The number of allylic oxidation sites excluding steroid dienone is 5. The molecule has 0 amide bonds. The zero-order chi connectivity index (χ0) is 22.2. The number of guanidine groups is 1. The molecule has 0 radical (unpaired) electrons. The van der Waals surface area contributed by atoms with Crippen LogP contribution in [0.5, 0.6) is 0 Å². The average Bonchev–Trinajstić information content (AvgIpc) is 3.27. The molecule has 0 saturated heterocycles. The summed E-state index contributed by atoms with van der Waals surface area (Å²) in [6.45, 7) is 8.24. The summed E-state index contributed by atoms with van der Waals surface area (Å²) < 4.78 is 0.